The van der Waals surface area contributed by atoms with Crippen molar-refractivity contribution in [1.29, 1.82) is 0 Å². The minimum atomic E-state index is -1.21. The molecule has 0 saturated heterocycles. The van der Waals surface area contributed by atoms with Gasteiger partial charge in [0.1, 0.15) is 51.2 Å². The van der Waals surface area contributed by atoms with Crippen molar-refractivity contribution in [3.63, 3.8) is 0 Å². The molecule has 2 amide bonds. The molecular weight excluding hydrogens is 1460 g/mol. The molecule has 0 aliphatic heterocycles. The monoisotopic (exact) mass is 1550 g/mol. The van der Waals surface area contributed by atoms with Crippen LogP contribution in [0.5, 0.6) is 0 Å². The summed E-state index contributed by atoms with van der Waals surface area (Å²) in [6.07, 6.45) is 5.73. The van der Waals surface area contributed by atoms with E-state index < -0.39 is 67.4 Å². The highest BCUT2D eigenvalue weighted by atomic mass is 35.5. The molecule has 2 aliphatic carbocycles. The lowest BCUT2D eigenvalue weighted by atomic mass is 9.79. The van der Waals surface area contributed by atoms with Gasteiger partial charge in [-0.1, -0.05) is 49.9 Å². The molecule has 109 heavy (non-hydrogen) atoms. The summed E-state index contributed by atoms with van der Waals surface area (Å²) in [6, 6.07) is 8.89. The third kappa shape index (κ3) is 29.2. The highest BCUT2D eigenvalue weighted by molar-refractivity contribution is 6.32. The van der Waals surface area contributed by atoms with Crippen LogP contribution in [-0.2, 0) is 104 Å². The SMILES string of the molecule is CCC1CC[C@H](N(CCN(CC(=O)O)CC(=O)O)CC(=O)Nc2ccc3c(C)c(Cl)c(=O)[nH]c3c2)[C@@H](N(CCN(COC=O)COC=O)COC=O)C1.CCn1c(=O)c(CC(C)=O)c(C)c2ccc(NC(=O)CN(CCN(CC(=O)O)CC(=O)O)[C@H]3CCCC[C@@H]3N(CCN(COC=O)COC=O)COC=O)cc21. The second kappa shape index (κ2) is 47.2. The Labute approximate surface area is 633 Å². The Morgan fingerprint density at radius 1 is 0.514 bits per heavy atom. The first-order chi connectivity index (χ1) is 52.2. The van der Waals surface area contributed by atoms with E-state index in [4.69, 9.17) is 40.0 Å². The lowest BCUT2D eigenvalue weighted by Crippen LogP contribution is -2.58. The molecule has 6 rings (SSSR count). The molecular formula is C71H99ClN12O25. The largest absolute Gasteiger partial charge is 0.480 e. The van der Waals surface area contributed by atoms with E-state index in [1.807, 2.05) is 26.5 Å². The summed E-state index contributed by atoms with van der Waals surface area (Å²) < 4.78 is 31.4. The lowest BCUT2D eigenvalue weighted by molar-refractivity contribution is -0.145. The van der Waals surface area contributed by atoms with Crippen molar-refractivity contribution in [2.75, 3.05) is 143 Å². The number of aromatic amines is 1. The van der Waals surface area contributed by atoms with Crippen molar-refractivity contribution in [2.24, 2.45) is 5.92 Å². The number of ketones is 1. The molecule has 2 aliphatic rings. The van der Waals surface area contributed by atoms with Crippen molar-refractivity contribution in [2.45, 2.75) is 123 Å². The van der Waals surface area contributed by atoms with E-state index in [1.54, 1.807) is 64.6 Å². The smallest absolute Gasteiger partial charge is 0.317 e. The minimum absolute atomic E-state index is 0.000405. The lowest BCUT2D eigenvalue weighted by Gasteiger charge is -2.47. The van der Waals surface area contributed by atoms with E-state index in [2.05, 4.69) is 22.5 Å². The van der Waals surface area contributed by atoms with Gasteiger partial charge in [0.2, 0.25) is 11.8 Å². The van der Waals surface area contributed by atoms with Crippen LogP contribution >= 0.6 is 11.6 Å². The van der Waals surface area contributed by atoms with E-state index in [1.165, 1.54) is 16.7 Å². The van der Waals surface area contributed by atoms with Gasteiger partial charge in [-0.25, -0.2) is 9.80 Å². The molecule has 2 aromatic heterocycles. The van der Waals surface area contributed by atoms with E-state index in [0.29, 0.717) is 89.7 Å². The van der Waals surface area contributed by atoms with Gasteiger partial charge < -0.3 is 69.0 Å². The highest BCUT2D eigenvalue weighted by Crippen LogP contribution is 2.34. The molecule has 4 aromatic rings. The molecule has 2 aromatic carbocycles. The van der Waals surface area contributed by atoms with Crippen LogP contribution in [0.1, 0.15) is 88.8 Å². The number of pyridine rings is 2. The van der Waals surface area contributed by atoms with E-state index in [9.17, 15) is 92.3 Å². The van der Waals surface area contributed by atoms with E-state index >= 15 is 0 Å². The van der Waals surface area contributed by atoms with Crippen molar-refractivity contribution < 1.29 is 111 Å². The molecule has 7 N–H and O–H groups in total. The standard InChI is InChI=1S/C37H52N6O13.C34H47ClN6O12/c1-4-43-33-16-28(9-10-29(33)27(3)30(37(43)53)15-26(2)47)38-34(48)17-41(13-11-39(18-35(49)50)19-36(51)52)31-7-5-6-8-32(31)42(22-56-25-46)14-12-40(20-54-23-44)21-55-24-45;1-3-24-4-7-28(29(12-24)41(19-53-22-44)11-9-39(17-51-20-42)18-52-21-43)40(10-8-38(15-31(46)47)16-32(48)49)14-30(45)36-25-5-6-26-23(2)33(35)34(50)37-27(26)13-25/h9-10,16,23-25,31-32H,4-8,11-15,17-22H2,1-3H3,(H,38,48)(H,49,50)(H,51,52);5-6,13,20-22,24,28-29H,3-4,7-12,14-19H2,1-2H3,(H,36,45)(H,37,50)(H,46,47)(H,48,49)/t31-,32-;24?,28-,29-/m00/s1. The number of carbonyl (C=O) groups is 13. The normalized spacial score (nSPS) is 16.4. The van der Waals surface area contributed by atoms with Crippen molar-refractivity contribution in [3.8, 4) is 0 Å². The van der Waals surface area contributed by atoms with Crippen LogP contribution in [0, 0.1) is 19.8 Å². The van der Waals surface area contributed by atoms with E-state index in [0.717, 1.165) is 31.1 Å². The molecule has 5 atom stereocenters. The molecule has 2 heterocycles. The number of halogens is 1. The molecule has 600 valence electrons. The van der Waals surface area contributed by atoms with Crippen LogP contribution in [0.2, 0.25) is 5.02 Å². The maximum atomic E-state index is 13.9. The number of H-pyrrole nitrogens is 1. The Bertz CT molecular complexity index is 3810. The van der Waals surface area contributed by atoms with Crippen LogP contribution in [0.25, 0.3) is 21.8 Å². The fourth-order valence-corrected chi connectivity index (χ4v) is 14.1. The predicted octanol–water partition coefficient (Wildman–Crippen LogP) is 1.62. The second-order valence-electron chi connectivity index (χ2n) is 26.4. The van der Waals surface area contributed by atoms with Gasteiger partial charge in [-0.3, -0.25) is 101 Å². The fourth-order valence-electron chi connectivity index (χ4n) is 13.9. The summed E-state index contributed by atoms with van der Waals surface area (Å²) in [7, 11) is 0. The number of aryl methyl sites for hydroxylation is 3. The zero-order valence-corrected chi connectivity index (χ0v) is 62.5. The highest BCUT2D eigenvalue weighted by Gasteiger charge is 2.40. The number of carboxylic acid groups (broad SMARTS) is 4. The average Bonchev–Trinajstić information content (AvgIpc) is 0.734. The number of amides is 2. The first kappa shape index (κ1) is 89.8. The molecule has 38 heteroatoms. The van der Waals surface area contributed by atoms with E-state index in [-0.39, 0.29) is 185 Å². The van der Waals surface area contributed by atoms with Crippen LogP contribution < -0.4 is 21.8 Å². The van der Waals surface area contributed by atoms with Crippen LogP contribution in [0.15, 0.2) is 46.0 Å². The first-order valence-corrected chi connectivity index (χ1v) is 35.7. The number of nitrogens with one attached hydrogen (secondary N) is 3. The zero-order valence-electron chi connectivity index (χ0n) is 61.8. The Hall–Kier alpha value is -9.86. The number of carbonyl (C=O) groups excluding carboxylic acids is 9. The van der Waals surface area contributed by atoms with Crippen molar-refractivity contribution in [1.82, 2.24) is 48.8 Å². The summed E-state index contributed by atoms with van der Waals surface area (Å²) >= 11 is 6.12. The number of fused-ring (bicyclic) bond motifs is 2. The summed E-state index contributed by atoms with van der Waals surface area (Å²) in [5.41, 5.74) is 2.82. The molecule has 37 nitrogen and oxygen atoms in total. The first-order valence-electron chi connectivity index (χ1n) is 35.3. The Balaban J connectivity index is 0.000000391. The summed E-state index contributed by atoms with van der Waals surface area (Å²) in [5, 5.41) is 45.2. The Kier molecular flexibility index (Phi) is 38.8. The summed E-state index contributed by atoms with van der Waals surface area (Å²) in [6.45, 7) is 8.57. The van der Waals surface area contributed by atoms with Crippen LogP contribution in [0.3, 0.4) is 0 Å². The average molecular weight is 1560 g/mol. The number of nitrogens with zero attached hydrogens (tertiary/aromatic N) is 9. The molecule has 0 radical (unpaired) electrons. The molecule has 2 saturated carbocycles. The van der Waals surface area contributed by atoms with Crippen molar-refractivity contribution in [3.05, 3.63) is 78.8 Å². The van der Waals surface area contributed by atoms with Gasteiger partial charge >= 0.3 is 23.9 Å². The molecule has 0 bridgehead atoms. The predicted molar refractivity (Wildman–Crippen MR) is 391 cm³/mol. The Morgan fingerprint density at radius 2 is 0.917 bits per heavy atom. The van der Waals surface area contributed by atoms with Gasteiger partial charge in [0.25, 0.3) is 50.0 Å². The maximum absolute atomic E-state index is 13.9. The number of benzene rings is 2. The van der Waals surface area contributed by atoms with Gasteiger partial charge in [0.05, 0.1) is 50.3 Å². The molecule has 2 fully saturated rings. The topological polar surface area (TPSA) is 463 Å². The van der Waals surface area contributed by atoms with Gasteiger partial charge in [0, 0.05) is 117 Å². The zero-order chi connectivity index (χ0) is 80.1. The third-order valence-corrected chi connectivity index (χ3v) is 19.5. The molecule has 0 spiro atoms. The maximum Gasteiger partial charge on any atom is 0.317 e. The number of ether oxygens (including phenoxy) is 6. The number of hydrogen-bond acceptors (Lipinski definition) is 29. The number of rotatable bonds is 52. The van der Waals surface area contributed by atoms with Gasteiger partial charge in [-0.15, -0.1) is 0 Å². The van der Waals surface area contributed by atoms with Crippen molar-refractivity contribution >= 4 is 125 Å². The Morgan fingerprint density at radius 3 is 1.35 bits per heavy atom. The van der Waals surface area contributed by atoms with Crippen LogP contribution in [0.4, 0.5) is 11.4 Å². The third-order valence-electron chi connectivity index (χ3n) is 19.1. The van der Waals surface area contributed by atoms with Crippen LogP contribution in [-0.4, -0.2) is 306 Å². The minimum Gasteiger partial charge on any atom is -0.480 e. The number of aliphatic carboxylic acids is 4. The molecule has 1 unspecified atom stereocenters. The van der Waals surface area contributed by atoms with Gasteiger partial charge in [-0.05, 0) is 101 Å². The summed E-state index contributed by atoms with van der Waals surface area (Å²) in [4.78, 5) is 194. The summed E-state index contributed by atoms with van der Waals surface area (Å²) in [5.74, 6) is -5.54. The fraction of sp³-hybridized carbons (Fsp3) is 0.563. The number of aromatic nitrogens is 2. The second-order valence-corrected chi connectivity index (χ2v) is 26.7. The quantitative estimate of drug-likeness (QED) is 0.0188. The number of carboxylic acids is 4. The van der Waals surface area contributed by atoms with Gasteiger partial charge in [-0.2, -0.15) is 0 Å². The number of Topliss-reactive ketones (excluding diaryl/α,β-unsaturated/α-hetero) is 1. The number of anilines is 2. The van der Waals surface area contributed by atoms with Gasteiger partial charge in [0.15, 0.2) is 0 Å². The number of hydrogen-bond donors (Lipinski definition) is 7.